The first-order valence-corrected chi connectivity index (χ1v) is 7.48. The monoisotopic (exact) mass is 315 g/mol. The number of halogens is 3. The van der Waals surface area contributed by atoms with Crippen LogP contribution in [0.4, 0.5) is 13.2 Å². The summed E-state index contributed by atoms with van der Waals surface area (Å²) in [6.45, 7) is 4.40. The molecule has 0 aliphatic heterocycles. The van der Waals surface area contributed by atoms with Crippen LogP contribution in [0.25, 0.3) is 0 Å². The summed E-state index contributed by atoms with van der Waals surface area (Å²) in [5, 5.41) is 5.74. The molecule has 3 nitrogen and oxygen atoms in total. The summed E-state index contributed by atoms with van der Waals surface area (Å²) >= 11 is 1.42. The van der Waals surface area contributed by atoms with Gasteiger partial charge in [0.15, 0.2) is 0 Å². The van der Waals surface area contributed by atoms with Crippen molar-refractivity contribution in [2.75, 3.05) is 6.54 Å². The summed E-state index contributed by atoms with van der Waals surface area (Å²) in [4.78, 5) is 8.18. The second kappa shape index (κ2) is 6.53. The molecule has 1 atom stereocenters. The first-order chi connectivity index (χ1) is 9.93. The third kappa shape index (κ3) is 3.79. The predicted octanol–water partition coefficient (Wildman–Crippen LogP) is 3.95. The Morgan fingerprint density at radius 2 is 2.14 bits per heavy atom. The van der Waals surface area contributed by atoms with Gasteiger partial charge in [-0.2, -0.15) is 13.2 Å². The first kappa shape index (κ1) is 15.9. The molecule has 0 radical (unpaired) electrons. The van der Waals surface area contributed by atoms with Gasteiger partial charge in [0.2, 0.25) is 0 Å². The van der Waals surface area contributed by atoms with Gasteiger partial charge in [-0.15, -0.1) is 11.3 Å². The van der Waals surface area contributed by atoms with Gasteiger partial charge in [-0.1, -0.05) is 6.92 Å². The summed E-state index contributed by atoms with van der Waals surface area (Å²) in [6, 6.07) is 0.412. The van der Waals surface area contributed by atoms with Crippen molar-refractivity contribution in [3.05, 3.63) is 45.7 Å². The average Bonchev–Trinajstić information content (AvgIpc) is 2.85. The van der Waals surface area contributed by atoms with E-state index in [4.69, 9.17) is 0 Å². The van der Waals surface area contributed by atoms with Gasteiger partial charge in [0.25, 0.3) is 0 Å². The van der Waals surface area contributed by atoms with Gasteiger partial charge in [-0.25, -0.2) is 4.98 Å². The maximum absolute atomic E-state index is 13.2. The molecule has 0 spiro atoms. The maximum atomic E-state index is 13.2. The Kier molecular flexibility index (Phi) is 4.95. The van der Waals surface area contributed by atoms with Crippen LogP contribution < -0.4 is 5.32 Å². The van der Waals surface area contributed by atoms with Gasteiger partial charge in [0.05, 0.1) is 22.3 Å². The molecule has 0 saturated heterocycles. The van der Waals surface area contributed by atoms with Crippen LogP contribution in [0, 0.1) is 6.92 Å². The number of hydrogen-bond donors (Lipinski definition) is 1. The third-order valence-electron chi connectivity index (χ3n) is 3.00. The van der Waals surface area contributed by atoms with Crippen molar-refractivity contribution in [3.8, 4) is 0 Å². The van der Waals surface area contributed by atoms with Crippen LogP contribution in [0.15, 0.2) is 23.8 Å². The number of thiazole rings is 1. The van der Waals surface area contributed by atoms with E-state index in [0.29, 0.717) is 12.2 Å². The molecule has 21 heavy (non-hydrogen) atoms. The van der Waals surface area contributed by atoms with E-state index in [-0.39, 0.29) is 5.56 Å². The van der Waals surface area contributed by atoms with Crippen LogP contribution in [-0.2, 0) is 6.18 Å². The molecule has 114 valence electrons. The van der Waals surface area contributed by atoms with Crippen LogP contribution >= 0.6 is 11.3 Å². The van der Waals surface area contributed by atoms with Crippen molar-refractivity contribution in [1.29, 1.82) is 0 Å². The Labute approximate surface area is 125 Å². The summed E-state index contributed by atoms with van der Waals surface area (Å²) in [6.07, 6.45) is -1.16. The third-order valence-corrected chi connectivity index (χ3v) is 3.79. The van der Waals surface area contributed by atoms with Crippen molar-refractivity contribution in [2.45, 2.75) is 32.5 Å². The summed E-state index contributed by atoms with van der Waals surface area (Å²) in [7, 11) is 0. The first-order valence-electron chi connectivity index (χ1n) is 6.60. The Bertz CT molecular complexity index is 595. The van der Waals surface area contributed by atoms with Gasteiger partial charge in [-0.05, 0) is 26.0 Å². The zero-order valence-electron chi connectivity index (χ0n) is 11.7. The minimum absolute atomic E-state index is 0.115. The number of rotatable bonds is 5. The number of nitrogens with zero attached hydrogens (tertiary/aromatic N) is 2. The molecule has 0 bridgehead atoms. The molecular weight excluding hydrogens is 299 g/mol. The summed E-state index contributed by atoms with van der Waals surface area (Å²) < 4.78 is 39.5. The number of nitrogens with one attached hydrogen (secondary N) is 1. The van der Waals surface area contributed by atoms with E-state index >= 15 is 0 Å². The molecule has 2 heterocycles. The lowest BCUT2D eigenvalue weighted by atomic mass is 10.00. The quantitative estimate of drug-likeness (QED) is 0.907. The highest BCUT2D eigenvalue weighted by atomic mass is 32.1. The predicted molar refractivity (Wildman–Crippen MR) is 76.2 cm³/mol. The Morgan fingerprint density at radius 3 is 2.71 bits per heavy atom. The Morgan fingerprint density at radius 1 is 1.38 bits per heavy atom. The molecule has 0 aromatic carbocycles. The highest BCUT2D eigenvalue weighted by Gasteiger charge is 2.36. The van der Waals surface area contributed by atoms with Gasteiger partial charge in [-0.3, -0.25) is 4.98 Å². The molecule has 1 N–H and O–H groups in total. The summed E-state index contributed by atoms with van der Waals surface area (Å²) in [5.74, 6) is 0. The minimum atomic E-state index is -4.41. The number of aromatic nitrogens is 2. The molecule has 2 rings (SSSR count). The lowest BCUT2D eigenvalue weighted by Crippen LogP contribution is -2.26. The smallest absolute Gasteiger partial charge is 0.305 e. The molecule has 0 aliphatic carbocycles. The normalized spacial score (nSPS) is 13.4. The van der Waals surface area contributed by atoms with Crippen LogP contribution in [0.1, 0.15) is 41.2 Å². The lowest BCUT2D eigenvalue weighted by molar-refractivity contribution is -0.138. The number of alkyl halides is 3. The van der Waals surface area contributed by atoms with Gasteiger partial charge in [0, 0.05) is 23.3 Å². The van der Waals surface area contributed by atoms with E-state index in [1.54, 1.807) is 5.38 Å². The molecule has 0 amide bonds. The SMILES string of the molecule is CCCNC(c1csc(C)n1)c1cnccc1C(F)(F)F. The fraction of sp³-hybridized carbons (Fsp3) is 0.429. The second-order valence-electron chi connectivity index (χ2n) is 4.64. The fourth-order valence-corrected chi connectivity index (χ4v) is 2.71. The second-order valence-corrected chi connectivity index (χ2v) is 5.70. The van der Waals surface area contributed by atoms with E-state index in [1.165, 1.54) is 17.5 Å². The fourth-order valence-electron chi connectivity index (χ4n) is 2.07. The average molecular weight is 315 g/mol. The number of hydrogen-bond acceptors (Lipinski definition) is 4. The molecule has 1 unspecified atom stereocenters. The van der Waals surface area contributed by atoms with Crippen LogP contribution in [0.5, 0.6) is 0 Å². The largest absolute Gasteiger partial charge is 0.416 e. The van der Waals surface area contributed by atoms with Crippen molar-refractivity contribution in [1.82, 2.24) is 15.3 Å². The van der Waals surface area contributed by atoms with Gasteiger partial charge < -0.3 is 5.32 Å². The lowest BCUT2D eigenvalue weighted by Gasteiger charge is -2.21. The molecule has 2 aromatic rings. The molecule has 0 saturated carbocycles. The van der Waals surface area contributed by atoms with E-state index in [9.17, 15) is 13.2 Å². The topological polar surface area (TPSA) is 37.8 Å². The maximum Gasteiger partial charge on any atom is 0.416 e. The molecular formula is C14H16F3N3S. The molecule has 2 aromatic heterocycles. The molecule has 0 fully saturated rings. The van der Waals surface area contributed by atoms with Crippen molar-refractivity contribution >= 4 is 11.3 Å². The number of aryl methyl sites for hydroxylation is 1. The zero-order valence-corrected chi connectivity index (χ0v) is 12.6. The highest BCUT2D eigenvalue weighted by Crippen LogP contribution is 2.36. The standard InChI is InChI=1S/C14H16F3N3S/c1-3-5-19-13(12-8-21-9(2)20-12)10-7-18-6-4-11(10)14(15,16)17/h4,6-8,13,19H,3,5H2,1-2H3. The van der Waals surface area contributed by atoms with Crippen LogP contribution in [0.3, 0.4) is 0 Å². The van der Waals surface area contributed by atoms with Crippen molar-refractivity contribution in [3.63, 3.8) is 0 Å². The number of pyridine rings is 1. The van der Waals surface area contributed by atoms with E-state index in [0.717, 1.165) is 23.7 Å². The van der Waals surface area contributed by atoms with Crippen LogP contribution in [-0.4, -0.2) is 16.5 Å². The van der Waals surface area contributed by atoms with Gasteiger partial charge >= 0.3 is 6.18 Å². The highest BCUT2D eigenvalue weighted by molar-refractivity contribution is 7.09. The van der Waals surface area contributed by atoms with E-state index in [1.807, 2.05) is 13.8 Å². The van der Waals surface area contributed by atoms with E-state index < -0.39 is 17.8 Å². The Balaban J connectivity index is 2.46. The van der Waals surface area contributed by atoms with Crippen LogP contribution in [0.2, 0.25) is 0 Å². The minimum Gasteiger partial charge on any atom is -0.305 e. The zero-order chi connectivity index (χ0) is 15.5. The molecule has 7 heteroatoms. The summed E-state index contributed by atoms with van der Waals surface area (Å²) in [5.41, 5.74) is 0.0463. The van der Waals surface area contributed by atoms with Gasteiger partial charge in [0.1, 0.15) is 0 Å². The molecule has 0 aliphatic rings. The van der Waals surface area contributed by atoms with Crippen molar-refractivity contribution in [2.24, 2.45) is 0 Å². The van der Waals surface area contributed by atoms with E-state index in [2.05, 4.69) is 15.3 Å². The Hall–Kier alpha value is -1.47. The van der Waals surface area contributed by atoms with Crippen molar-refractivity contribution < 1.29 is 13.2 Å².